The molecule has 1 aromatic carbocycles. The van der Waals surface area contributed by atoms with Crippen molar-refractivity contribution < 1.29 is 4.79 Å². The van der Waals surface area contributed by atoms with Gasteiger partial charge in [0, 0.05) is 17.0 Å². The summed E-state index contributed by atoms with van der Waals surface area (Å²) in [5, 5.41) is 5.32. The Morgan fingerprint density at radius 3 is 2.30 bits per heavy atom. The number of thiophene rings is 1. The Kier molecular flexibility index (Phi) is 6.72. The molecule has 1 unspecified atom stereocenters. The van der Waals surface area contributed by atoms with Crippen molar-refractivity contribution in [3.8, 4) is 0 Å². The molecule has 2 heterocycles. The first-order chi connectivity index (χ1) is 12.9. The van der Waals surface area contributed by atoms with Crippen molar-refractivity contribution in [3.05, 3.63) is 57.8 Å². The maximum atomic E-state index is 12.7. The molecular weight excluding hydrogens is 352 g/mol. The number of benzene rings is 1. The van der Waals surface area contributed by atoms with Gasteiger partial charge in [-0.1, -0.05) is 51.8 Å². The lowest BCUT2D eigenvalue weighted by Gasteiger charge is -2.30. The van der Waals surface area contributed by atoms with Crippen molar-refractivity contribution >= 4 is 17.2 Å². The summed E-state index contributed by atoms with van der Waals surface area (Å²) in [7, 11) is 0. The van der Waals surface area contributed by atoms with Crippen molar-refractivity contribution in [1.82, 2.24) is 10.2 Å². The molecule has 0 radical (unpaired) electrons. The fourth-order valence-corrected chi connectivity index (χ4v) is 4.57. The van der Waals surface area contributed by atoms with E-state index in [0.717, 1.165) is 18.7 Å². The van der Waals surface area contributed by atoms with Gasteiger partial charge in [0.15, 0.2) is 0 Å². The summed E-state index contributed by atoms with van der Waals surface area (Å²) in [6.07, 6.45) is 5.15. The van der Waals surface area contributed by atoms with Crippen LogP contribution in [0.1, 0.15) is 73.3 Å². The summed E-state index contributed by atoms with van der Waals surface area (Å²) in [5.41, 5.74) is 2.09. The lowest BCUT2D eigenvalue weighted by Crippen LogP contribution is -2.38. The van der Waals surface area contributed by atoms with Crippen LogP contribution in [0.25, 0.3) is 0 Å². The molecule has 1 atom stereocenters. The fraction of sp³-hybridized carbons (Fsp3) is 0.522. The topological polar surface area (TPSA) is 32.3 Å². The number of carbonyl (C=O) groups excluding carboxylic acids is 1. The maximum Gasteiger partial charge on any atom is 0.251 e. The molecule has 1 N–H and O–H groups in total. The van der Waals surface area contributed by atoms with Crippen LogP contribution in [0.2, 0.25) is 0 Å². The van der Waals surface area contributed by atoms with Crippen LogP contribution in [-0.2, 0) is 5.41 Å². The molecule has 146 valence electrons. The van der Waals surface area contributed by atoms with Gasteiger partial charge >= 0.3 is 0 Å². The minimum atomic E-state index is 0.0202. The first-order valence-electron chi connectivity index (χ1n) is 10.1. The van der Waals surface area contributed by atoms with E-state index < -0.39 is 0 Å². The molecule has 0 saturated carbocycles. The average molecular weight is 385 g/mol. The van der Waals surface area contributed by atoms with E-state index in [4.69, 9.17) is 0 Å². The summed E-state index contributed by atoms with van der Waals surface area (Å²) < 4.78 is 0. The third kappa shape index (κ3) is 5.43. The second-order valence-electron chi connectivity index (χ2n) is 8.52. The summed E-state index contributed by atoms with van der Waals surface area (Å²) >= 11 is 1.79. The third-order valence-corrected chi connectivity index (χ3v) is 6.40. The Balaban J connectivity index is 1.66. The van der Waals surface area contributed by atoms with Gasteiger partial charge in [0.25, 0.3) is 5.91 Å². The summed E-state index contributed by atoms with van der Waals surface area (Å²) in [4.78, 5) is 16.6. The molecule has 1 aliphatic heterocycles. The van der Waals surface area contributed by atoms with Gasteiger partial charge in [-0.05, 0) is 60.5 Å². The lowest BCUT2D eigenvalue weighted by atomic mass is 9.87. The highest BCUT2D eigenvalue weighted by molar-refractivity contribution is 7.10. The molecule has 27 heavy (non-hydrogen) atoms. The van der Waals surface area contributed by atoms with Gasteiger partial charge < -0.3 is 5.32 Å². The van der Waals surface area contributed by atoms with Crippen molar-refractivity contribution in [2.45, 2.75) is 57.9 Å². The highest BCUT2D eigenvalue weighted by Gasteiger charge is 2.23. The summed E-state index contributed by atoms with van der Waals surface area (Å²) in [6.45, 7) is 9.48. The standard InChI is InChI=1S/C23H32N2OS/c1-23(2,3)19-12-10-18(11-13-19)22(26)24-17-20(21-9-8-16-27-21)25-14-6-4-5-7-15-25/h8-13,16,20H,4-7,14-15,17H2,1-3H3,(H,24,26). The second-order valence-corrected chi connectivity index (χ2v) is 9.50. The molecule has 1 amide bonds. The van der Waals surface area contributed by atoms with Crippen LogP contribution in [0.4, 0.5) is 0 Å². The van der Waals surface area contributed by atoms with E-state index in [-0.39, 0.29) is 17.4 Å². The summed E-state index contributed by atoms with van der Waals surface area (Å²) in [5.74, 6) is 0.0202. The number of carbonyl (C=O) groups is 1. The van der Waals surface area contributed by atoms with Crippen molar-refractivity contribution in [2.24, 2.45) is 0 Å². The lowest BCUT2D eigenvalue weighted by molar-refractivity contribution is 0.0934. The van der Waals surface area contributed by atoms with Crippen LogP contribution in [-0.4, -0.2) is 30.4 Å². The van der Waals surface area contributed by atoms with E-state index >= 15 is 0 Å². The van der Waals surface area contributed by atoms with E-state index in [1.807, 2.05) is 12.1 Å². The van der Waals surface area contributed by atoms with Gasteiger partial charge in [0.2, 0.25) is 0 Å². The molecule has 3 rings (SSSR count). The molecule has 4 heteroatoms. The first-order valence-corrected chi connectivity index (χ1v) is 11.0. The zero-order valence-electron chi connectivity index (χ0n) is 16.8. The zero-order valence-corrected chi connectivity index (χ0v) is 17.6. The Labute approximate surface area is 167 Å². The maximum absolute atomic E-state index is 12.7. The Bertz CT molecular complexity index is 708. The van der Waals surface area contributed by atoms with Gasteiger partial charge in [-0.15, -0.1) is 11.3 Å². The van der Waals surface area contributed by atoms with Crippen molar-refractivity contribution in [1.29, 1.82) is 0 Å². The molecule has 3 nitrogen and oxygen atoms in total. The van der Waals surface area contributed by atoms with Crippen molar-refractivity contribution in [2.75, 3.05) is 19.6 Å². The zero-order chi connectivity index (χ0) is 19.3. The van der Waals surface area contributed by atoms with Crippen LogP contribution in [0, 0.1) is 0 Å². The minimum absolute atomic E-state index is 0.0202. The second kappa shape index (κ2) is 9.03. The molecule has 1 aliphatic rings. The van der Waals surface area contributed by atoms with Gasteiger partial charge in [-0.2, -0.15) is 0 Å². The number of likely N-dealkylation sites (tertiary alicyclic amines) is 1. The molecule has 1 saturated heterocycles. The molecular formula is C23H32N2OS. The minimum Gasteiger partial charge on any atom is -0.350 e. The first kappa shape index (κ1) is 20.1. The predicted octanol–water partition coefficient (Wildman–Crippen LogP) is 5.39. The van der Waals surface area contributed by atoms with Crippen LogP contribution in [0.3, 0.4) is 0 Å². The Hall–Kier alpha value is -1.65. The Morgan fingerprint density at radius 2 is 1.74 bits per heavy atom. The third-order valence-electron chi connectivity index (χ3n) is 5.42. The van der Waals surface area contributed by atoms with Gasteiger partial charge in [0.05, 0.1) is 6.04 Å². The van der Waals surface area contributed by atoms with Crippen LogP contribution < -0.4 is 5.32 Å². The van der Waals surface area contributed by atoms with E-state index in [9.17, 15) is 4.79 Å². The number of hydrogen-bond acceptors (Lipinski definition) is 3. The quantitative estimate of drug-likeness (QED) is 0.749. The molecule has 0 spiro atoms. The molecule has 2 aromatic rings. The number of nitrogens with zero attached hydrogens (tertiary/aromatic N) is 1. The van der Waals surface area contributed by atoms with Gasteiger partial charge in [0.1, 0.15) is 0 Å². The number of nitrogens with one attached hydrogen (secondary N) is 1. The highest BCUT2D eigenvalue weighted by atomic mass is 32.1. The van der Waals surface area contributed by atoms with Crippen LogP contribution in [0.15, 0.2) is 41.8 Å². The monoisotopic (exact) mass is 384 g/mol. The average Bonchev–Trinajstić information content (AvgIpc) is 3.04. The highest BCUT2D eigenvalue weighted by Crippen LogP contribution is 2.27. The molecule has 0 aliphatic carbocycles. The van der Waals surface area contributed by atoms with Gasteiger partial charge in [-0.25, -0.2) is 0 Å². The fourth-order valence-electron chi connectivity index (χ4n) is 3.71. The van der Waals surface area contributed by atoms with Crippen LogP contribution in [0.5, 0.6) is 0 Å². The van der Waals surface area contributed by atoms with E-state index in [0.29, 0.717) is 6.54 Å². The normalized spacial score (nSPS) is 17.3. The van der Waals surface area contributed by atoms with Crippen molar-refractivity contribution in [3.63, 3.8) is 0 Å². The predicted molar refractivity (Wildman–Crippen MR) is 115 cm³/mol. The van der Waals surface area contributed by atoms with Gasteiger partial charge in [-0.3, -0.25) is 9.69 Å². The number of hydrogen-bond donors (Lipinski definition) is 1. The number of rotatable bonds is 5. The molecule has 0 bridgehead atoms. The van der Waals surface area contributed by atoms with E-state index in [2.05, 4.69) is 60.6 Å². The summed E-state index contributed by atoms with van der Waals surface area (Å²) in [6, 6.07) is 12.6. The smallest absolute Gasteiger partial charge is 0.251 e. The molecule has 1 aromatic heterocycles. The Morgan fingerprint density at radius 1 is 1.07 bits per heavy atom. The van der Waals surface area contributed by atoms with Crippen LogP contribution >= 0.6 is 11.3 Å². The SMILES string of the molecule is CC(C)(C)c1ccc(C(=O)NCC(c2cccs2)N2CCCCCC2)cc1. The van der Waals surface area contributed by atoms with E-state index in [1.54, 1.807) is 11.3 Å². The number of amides is 1. The van der Waals surface area contributed by atoms with E-state index in [1.165, 1.54) is 36.1 Å². The largest absolute Gasteiger partial charge is 0.350 e. The molecule has 1 fully saturated rings.